The molecule has 7 heteroatoms. The molecule has 2 amide bonds. The van der Waals surface area contributed by atoms with Crippen LogP contribution < -0.4 is 10.6 Å². The van der Waals surface area contributed by atoms with Crippen LogP contribution in [0, 0.1) is 19.7 Å². The molecular weight excluding hydrogens is 505 g/mol. The summed E-state index contributed by atoms with van der Waals surface area (Å²) in [5, 5.41) is 6.56. The van der Waals surface area contributed by atoms with Crippen molar-refractivity contribution < 1.29 is 18.4 Å². The van der Waals surface area contributed by atoms with Crippen molar-refractivity contribution in [3.8, 4) is 22.5 Å². The summed E-state index contributed by atoms with van der Waals surface area (Å²) in [6, 6.07) is 21.2. The van der Waals surface area contributed by atoms with Crippen LogP contribution in [0.15, 0.2) is 83.4 Å². The molecule has 5 aromatic rings. The van der Waals surface area contributed by atoms with E-state index in [1.807, 2.05) is 62.4 Å². The number of hydrogen-bond donors (Lipinski definition) is 2. The molecule has 2 aromatic heterocycles. The van der Waals surface area contributed by atoms with Gasteiger partial charge in [0.15, 0.2) is 0 Å². The number of hydrogen-bond acceptors (Lipinski definition) is 4. The zero-order chi connectivity index (χ0) is 28.0. The van der Waals surface area contributed by atoms with Gasteiger partial charge in [-0.25, -0.2) is 4.39 Å². The summed E-state index contributed by atoms with van der Waals surface area (Å²) in [7, 11) is 1.56. The zero-order valence-electron chi connectivity index (χ0n) is 22.5. The van der Waals surface area contributed by atoms with Crippen LogP contribution in [0.5, 0.6) is 0 Å². The van der Waals surface area contributed by atoms with Crippen LogP contribution in [0.3, 0.4) is 0 Å². The molecule has 0 bridgehead atoms. The van der Waals surface area contributed by atoms with Gasteiger partial charge in [-0.05, 0) is 104 Å². The molecule has 0 aliphatic heterocycles. The van der Waals surface area contributed by atoms with Crippen LogP contribution in [0.2, 0.25) is 0 Å². The Kier molecular flexibility index (Phi) is 6.22. The van der Waals surface area contributed by atoms with Gasteiger partial charge in [-0.2, -0.15) is 0 Å². The lowest BCUT2D eigenvalue weighted by molar-refractivity contribution is 0.0927. The van der Waals surface area contributed by atoms with Crippen LogP contribution in [-0.2, 0) is 5.54 Å². The lowest BCUT2D eigenvalue weighted by atomic mass is 9.93. The molecule has 1 fully saturated rings. The molecule has 0 atom stereocenters. The maximum absolute atomic E-state index is 13.6. The number of pyridine rings is 1. The van der Waals surface area contributed by atoms with Crippen LogP contribution >= 0.6 is 0 Å². The smallest absolute Gasteiger partial charge is 0.255 e. The Balaban J connectivity index is 1.41. The number of nitrogens with one attached hydrogen (secondary N) is 2. The molecule has 0 radical (unpaired) electrons. The Morgan fingerprint density at radius 1 is 0.900 bits per heavy atom. The fourth-order valence-electron chi connectivity index (χ4n) is 5.33. The van der Waals surface area contributed by atoms with Crippen LogP contribution in [0.4, 0.5) is 4.39 Å². The molecule has 0 saturated heterocycles. The highest BCUT2D eigenvalue weighted by Crippen LogP contribution is 2.45. The highest BCUT2D eigenvalue weighted by Gasteiger charge is 2.47. The van der Waals surface area contributed by atoms with Gasteiger partial charge in [-0.15, -0.1) is 0 Å². The lowest BCUT2D eigenvalue weighted by Crippen LogP contribution is -2.35. The minimum atomic E-state index is -0.426. The number of aromatic nitrogens is 1. The van der Waals surface area contributed by atoms with Gasteiger partial charge in [0.1, 0.15) is 17.2 Å². The van der Waals surface area contributed by atoms with Crippen LogP contribution in [0.1, 0.15) is 50.4 Å². The summed E-state index contributed by atoms with van der Waals surface area (Å²) in [5.74, 6) is -0.446. The van der Waals surface area contributed by atoms with Gasteiger partial charge in [0, 0.05) is 29.8 Å². The molecule has 1 saturated carbocycles. The fourth-order valence-corrected chi connectivity index (χ4v) is 5.33. The van der Waals surface area contributed by atoms with Crippen molar-refractivity contribution in [1.29, 1.82) is 0 Å². The quantitative estimate of drug-likeness (QED) is 0.255. The zero-order valence-corrected chi connectivity index (χ0v) is 22.5. The molecule has 40 heavy (non-hydrogen) atoms. The summed E-state index contributed by atoms with van der Waals surface area (Å²) in [4.78, 5) is 31.0. The van der Waals surface area contributed by atoms with E-state index in [0.29, 0.717) is 33.4 Å². The molecule has 0 spiro atoms. The molecule has 0 unspecified atom stereocenters. The first-order chi connectivity index (χ1) is 19.3. The third-order valence-electron chi connectivity index (χ3n) is 7.63. The van der Waals surface area contributed by atoms with E-state index in [9.17, 15) is 14.0 Å². The van der Waals surface area contributed by atoms with Gasteiger partial charge in [0.25, 0.3) is 11.8 Å². The number of fused-ring (bicyclic) bond motifs is 1. The third-order valence-corrected chi connectivity index (χ3v) is 7.63. The van der Waals surface area contributed by atoms with Gasteiger partial charge in [-0.3, -0.25) is 14.6 Å². The van der Waals surface area contributed by atoms with Crippen molar-refractivity contribution in [2.24, 2.45) is 0 Å². The summed E-state index contributed by atoms with van der Waals surface area (Å²) in [6.45, 7) is 3.94. The predicted molar refractivity (Wildman–Crippen MR) is 153 cm³/mol. The first kappa shape index (κ1) is 25.5. The largest absolute Gasteiger partial charge is 0.455 e. The number of benzene rings is 3. The Morgan fingerprint density at radius 2 is 1.65 bits per heavy atom. The normalized spacial score (nSPS) is 13.7. The number of nitrogens with zero attached hydrogens (tertiary/aromatic N) is 1. The van der Waals surface area contributed by atoms with E-state index in [0.717, 1.165) is 40.8 Å². The average molecular weight is 534 g/mol. The van der Waals surface area contributed by atoms with E-state index >= 15 is 0 Å². The molecule has 6 nitrogen and oxygen atoms in total. The van der Waals surface area contributed by atoms with Gasteiger partial charge < -0.3 is 15.1 Å². The van der Waals surface area contributed by atoms with E-state index < -0.39 is 5.54 Å². The number of carbonyl (C=O) groups is 2. The number of aryl methyl sites for hydroxylation is 2. The van der Waals surface area contributed by atoms with E-state index in [2.05, 4.69) is 15.6 Å². The average Bonchev–Trinajstić information content (AvgIpc) is 3.64. The predicted octanol–water partition coefficient (Wildman–Crippen LogP) is 6.70. The topological polar surface area (TPSA) is 84.2 Å². The second-order valence-corrected chi connectivity index (χ2v) is 10.3. The van der Waals surface area contributed by atoms with Crippen LogP contribution in [0.25, 0.3) is 33.4 Å². The number of halogens is 1. The van der Waals surface area contributed by atoms with Gasteiger partial charge in [0.05, 0.1) is 16.8 Å². The molecule has 6 rings (SSSR count). The van der Waals surface area contributed by atoms with E-state index in [1.165, 1.54) is 12.1 Å². The molecule has 1 aliphatic carbocycles. The third kappa shape index (κ3) is 4.43. The van der Waals surface area contributed by atoms with Crippen molar-refractivity contribution in [2.75, 3.05) is 7.05 Å². The standard InChI is InChI=1S/C33H28FN3O3/c1-19-16-20(2)25(31(38)37-33(13-14-33)28-6-4-5-15-36-28)18-24(19)22-9-12-27-26(17-22)29(32(39)35-3)30(40-27)21-7-10-23(34)11-8-21/h4-12,15-18H,13-14H2,1-3H3,(H,35,39)(H,37,38). The monoisotopic (exact) mass is 533 g/mol. The Hall–Kier alpha value is -4.78. The fraction of sp³-hybridized carbons (Fsp3) is 0.182. The summed E-state index contributed by atoms with van der Waals surface area (Å²) in [5.41, 5.74) is 6.17. The summed E-state index contributed by atoms with van der Waals surface area (Å²) >= 11 is 0. The van der Waals surface area contributed by atoms with E-state index in [4.69, 9.17) is 4.42 Å². The number of furan rings is 1. The first-order valence-corrected chi connectivity index (χ1v) is 13.2. The molecule has 2 heterocycles. The van der Waals surface area contributed by atoms with Gasteiger partial charge in [0.2, 0.25) is 0 Å². The molecule has 200 valence electrons. The van der Waals surface area contributed by atoms with E-state index in [-0.39, 0.29) is 17.6 Å². The Labute approximate surface area is 231 Å². The highest BCUT2D eigenvalue weighted by atomic mass is 19.1. The molecular formula is C33H28FN3O3. The Bertz CT molecular complexity index is 1770. The minimum Gasteiger partial charge on any atom is -0.455 e. The van der Waals surface area contributed by atoms with Crippen molar-refractivity contribution in [3.63, 3.8) is 0 Å². The minimum absolute atomic E-state index is 0.143. The maximum Gasteiger partial charge on any atom is 0.255 e. The summed E-state index contributed by atoms with van der Waals surface area (Å²) < 4.78 is 19.7. The first-order valence-electron chi connectivity index (χ1n) is 13.2. The number of rotatable bonds is 6. The molecule has 3 aromatic carbocycles. The van der Waals surface area contributed by atoms with Crippen molar-refractivity contribution in [2.45, 2.75) is 32.2 Å². The Morgan fingerprint density at radius 3 is 2.33 bits per heavy atom. The van der Waals surface area contributed by atoms with Crippen molar-refractivity contribution in [3.05, 3.63) is 113 Å². The number of carbonyl (C=O) groups excluding carboxylic acids is 2. The molecule has 1 aliphatic rings. The van der Waals surface area contributed by atoms with Crippen molar-refractivity contribution in [1.82, 2.24) is 15.6 Å². The highest BCUT2D eigenvalue weighted by molar-refractivity contribution is 6.12. The maximum atomic E-state index is 13.6. The summed E-state index contributed by atoms with van der Waals surface area (Å²) in [6.07, 6.45) is 3.45. The second-order valence-electron chi connectivity index (χ2n) is 10.3. The second kappa shape index (κ2) is 9.75. The van der Waals surface area contributed by atoms with Crippen LogP contribution in [-0.4, -0.2) is 23.8 Å². The van der Waals surface area contributed by atoms with Gasteiger partial charge in [-0.1, -0.05) is 18.2 Å². The number of amides is 2. The van der Waals surface area contributed by atoms with E-state index in [1.54, 1.807) is 25.4 Å². The van der Waals surface area contributed by atoms with Gasteiger partial charge >= 0.3 is 0 Å². The lowest BCUT2D eigenvalue weighted by Gasteiger charge is -2.19. The molecule has 2 N–H and O–H groups in total. The SMILES string of the molecule is CNC(=O)c1c(-c2ccc(F)cc2)oc2ccc(-c3cc(C(=O)NC4(c5ccccn5)CC4)c(C)cc3C)cc12. The van der Waals surface area contributed by atoms with Crippen molar-refractivity contribution >= 4 is 22.8 Å².